The fourth-order valence-corrected chi connectivity index (χ4v) is 2.38. The molecule has 6 heteroatoms. The molecule has 0 radical (unpaired) electrons. The molecule has 0 aromatic heterocycles. The third-order valence-corrected chi connectivity index (χ3v) is 3.35. The van der Waals surface area contributed by atoms with Crippen molar-refractivity contribution in [3.63, 3.8) is 0 Å². The highest BCUT2D eigenvalue weighted by Gasteiger charge is 2.38. The van der Waals surface area contributed by atoms with Gasteiger partial charge in [-0.05, 0) is 32.6 Å². The van der Waals surface area contributed by atoms with Gasteiger partial charge in [-0.25, -0.2) is 9.59 Å². The molecule has 6 nitrogen and oxygen atoms in total. The average Bonchev–Trinajstić information content (AvgIpc) is 3.07. The number of carbonyl (C=O) groups excluding carboxylic acids is 1. The lowest BCUT2D eigenvalue weighted by Crippen LogP contribution is -2.55. The van der Waals surface area contributed by atoms with Crippen LogP contribution in [0.1, 0.15) is 26.7 Å². The van der Waals surface area contributed by atoms with Crippen LogP contribution in [-0.2, 0) is 9.53 Å². The normalized spacial score (nSPS) is 29.8. The topological polar surface area (TPSA) is 78.9 Å². The average molecular weight is 256 g/mol. The zero-order valence-corrected chi connectivity index (χ0v) is 10.8. The number of nitrogens with zero attached hydrogens (tertiary/aromatic N) is 1. The Hall–Kier alpha value is -1.30. The monoisotopic (exact) mass is 256 g/mol. The summed E-state index contributed by atoms with van der Waals surface area (Å²) < 4.78 is 5.54. The maximum absolute atomic E-state index is 12.0. The minimum atomic E-state index is -0.944. The molecule has 1 aliphatic carbocycles. The first kappa shape index (κ1) is 13.1. The third kappa shape index (κ3) is 3.13. The van der Waals surface area contributed by atoms with E-state index in [0.717, 1.165) is 12.8 Å². The van der Waals surface area contributed by atoms with Gasteiger partial charge in [-0.15, -0.1) is 0 Å². The summed E-state index contributed by atoms with van der Waals surface area (Å²) in [6.07, 6.45) is 1.74. The molecule has 2 rings (SSSR count). The molecule has 2 N–H and O–H groups in total. The quantitative estimate of drug-likeness (QED) is 0.778. The number of carboxylic acids is 1. The van der Waals surface area contributed by atoms with Gasteiger partial charge in [-0.3, -0.25) is 0 Å². The van der Waals surface area contributed by atoms with Crippen LogP contribution in [0, 0.1) is 5.92 Å². The van der Waals surface area contributed by atoms with E-state index in [9.17, 15) is 9.59 Å². The highest BCUT2D eigenvalue weighted by molar-refractivity contribution is 5.83. The first-order valence-corrected chi connectivity index (χ1v) is 6.41. The summed E-state index contributed by atoms with van der Waals surface area (Å²) in [7, 11) is 0. The van der Waals surface area contributed by atoms with E-state index in [1.165, 1.54) is 0 Å². The Labute approximate surface area is 106 Å². The molecule has 1 saturated carbocycles. The molecule has 18 heavy (non-hydrogen) atoms. The minimum absolute atomic E-state index is 0.0105. The van der Waals surface area contributed by atoms with E-state index < -0.39 is 12.0 Å². The maximum atomic E-state index is 12.0. The number of hydrogen-bond donors (Lipinski definition) is 2. The highest BCUT2D eigenvalue weighted by Crippen LogP contribution is 2.32. The van der Waals surface area contributed by atoms with E-state index in [1.54, 1.807) is 4.90 Å². The molecular weight excluding hydrogens is 236 g/mol. The van der Waals surface area contributed by atoms with Gasteiger partial charge in [0.15, 0.2) is 0 Å². The van der Waals surface area contributed by atoms with Crippen molar-refractivity contribution in [2.24, 2.45) is 5.92 Å². The van der Waals surface area contributed by atoms with Crippen LogP contribution in [0.4, 0.5) is 4.79 Å². The van der Waals surface area contributed by atoms with Crippen LogP contribution in [0.3, 0.4) is 0 Å². The molecule has 0 aromatic rings. The second-order valence-electron chi connectivity index (χ2n) is 5.27. The van der Waals surface area contributed by atoms with Crippen LogP contribution in [0.15, 0.2) is 0 Å². The summed E-state index contributed by atoms with van der Waals surface area (Å²) in [5.74, 6) is -0.845. The summed E-state index contributed by atoms with van der Waals surface area (Å²) in [5.41, 5.74) is 0. The van der Waals surface area contributed by atoms with Crippen molar-refractivity contribution in [2.45, 2.75) is 44.9 Å². The number of morpholine rings is 1. The number of amides is 2. The zero-order valence-electron chi connectivity index (χ0n) is 10.8. The van der Waals surface area contributed by atoms with Crippen molar-refractivity contribution in [1.82, 2.24) is 10.2 Å². The number of rotatable bonds is 3. The Morgan fingerprint density at radius 1 is 1.28 bits per heavy atom. The molecule has 0 bridgehead atoms. The summed E-state index contributed by atoms with van der Waals surface area (Å²) in [6.45, 7) is 4.83. The standard InChI is InChI=1S/C12H20N2O4/c1-7-5-14(6-8(2)18-7)12(17)13-10(11(15)16)9-3-4-9/h7-10H,3-6H2,1-2H3,(H,13,17)(H,15,16)/t7-,8+,10?. The Bertz CT molecular complexity index is 333. The van der Waals surface area contributed by atoms with Gasteiger partial charge in [-0.2, -0.15) is 0 Å². The Kier molecular flexibility index (Phi) is 3.75. The van der Waals surface area contributed by atoms with Crippen LogP contribution in [0.5, 0.6) is 0 Å². The molecule has 0 aromatic carbocycles. The molecule has 1 aliphatic heterocycles. The molecule has 2 fully saturated rings. The van der Waals surface area contributed by atoms with Crippen molar-refractivity contribution in [3.05, 3.63) is 0 Å². The number of carboxylic acid groups (broad SMARTS) is 1. The Morgan fingerprint density at radius 3 is 2.28 bits per heavy atom. The molecule has 3 atom stereocenters. The maximum Gasteiger partial charge on any atom is 0.326 e. The minimum Gasteiger partial charge on any atom is -0.480 e. The molecular formula is C12H20N2O4. The number of nitrogens with one attached hydrogen (secondary N) is 1. The van der Waals surface area contributed by atoms with Gasteiger partial charge in [0.05, 0.1) is 12.2 Å². The molecule has 2 amide bonds. The smallest absolute Gasteiger partial charge is 0.326 e. The molecule has 2 aliphatic rings. The lowest BCUT2D eigenvalue weighted by molar-refractivity contribution is -0.139. The summed E-state index contributed by atoms with van der Waals surface area (Å²) in [6, 6.07) is -1.04. The Balaban J connectivity index is 1.91. The van der Waals surface area contributed by atoms with Crippen LogP contribution < -0.4 is 5.32 Å². The van der Waals surface area contributed by atoms with E-state index in [0.29, 0.717) is 13.1 Å². The summed E-state index contributed by atoms with van der Waals surface area (Å²) in [5, 5.41) is 11.7. The van der Waals surface area contributed by atoms with Crippen molar-refractivity contribution >= 4 is 12.0 Å². The van der Waals surface area contributed by atoms with Gasteiger partial charge in [0, 0.05) is 13.1 Å². The van der Waals surface area contributed by atoms with E-state index in [-0.39, 0.29) is 24.2 Å². The van der Waals surface area contributed by atoms with Crippen LogP contribution in [-0.4, -0.2) is 53.3 Å². The van der Waals surface area contributed by atoms with E-state index in [4.69, 9.17) is 9.84 Å². The van der Waals surface area contributed by atoms with Crippen LogP contribution in [0.2, 0.25) is 0 Å². The summed E-state index contributed by atoms with van der Waals surface area (Å²) >= 11 is 0. The molecule has 1 unspecified atom stereocenters. The SMILES string of the molecule is C[C@@H]1CN(C(=O)NC(C(=O)O)C2CC2)C[C@H](C)O1. The number of urea groups is 1. The number of aliphatic carboxylic acids is 1. The fraction of sp³-hybridized carbons (Fsp3) is 0.833. The fourth-order valence-electron chi connectivity index (χ4n) is 2.38. The second kappa shape index (κ2) is 5.14. The van der Waals surface area contributed by atoms with Gasteiger partial charge in [-0.1, -0.05) is 0 Å². The highest BCUT2D eigenvalue weighted by atomic mass is 16.5. The van der Waals surface area contributed by atoms with Crippen LogP contribution in [0.25, 0.3) is 0 Å². The first-order chi connectivity index (χ1) is 8.47. The predicted molar refractivity (Wildman–Crippen MR) is 64.3 cm³/mol. The lowest BCUT2D eigenvalue weighted by Gasteiger charge is -2.35. The zero-order chi connectivity index (χ0) is 13.3. The second-order valence-corrected chi connectivity index (χ2v) is 5.27. The largest absolute Gasteiger partial charge is 0.480 e. The molecule has 102 valence electrons. The number of carbonyl (C=O) groups is 2. The molecule has 1 saturated heterocycles. The van der Waals surface area contributed by atoms with Crippen molar-refractivity contribution in [3.8, 4) is 0 Å². The van der Waals surface area contributed by atoms with Gasteiger partial charge >= 0.3 is 12.0 Å². The Morgan fingerprint density at radius 2 is 1.83 bits per heavy atom. The predicted octanol–water partition coefficient (Wildman–Crippen LogP) is 0.668. The number of hydrogen-bond acceptors (Lipinski definition) is 3. The van der Waals surface area contributed by atoms with E-state index >= 15 is 0 Å². The van der Waals surface area contributed by atoms with Gasteiger partial charge in [0.2, 0.25) is 0 Å². The first-order valence-electron chi connectivity index (χ1n) is 6.41. The molecule has 1 heterocycles. The lowest BCUT2D eigenvalue weighted by atomic mass is 10.2. The van der Waals surface area contributed by atoms with Gasteiger partial charge in [0.25, 0.3) is 0 Å². The van der Waals surface area contributed by atoms with Crippen molar-refractivity contribution in [2.75, 3.05) is 13.1 Å². The third-order valence-electron chi connectivity index (χ3n) is 3.35. The van der Waals surface area contributed by atoms with Crippen LogP contribution >= 0.6 is 0 Å². The van der Waals surface area contributed by atoms with E-state index in [2.05, 4.69) is 5.32 Å². The number of ether oxygens (including phenoxy) is 1. The van der Waals surface area contributed by atoms with Crippen molar-refractivity contribution in [1.29, 1.82) is 0 Å². The molecule has 0 spiro atoms. The van der Waals surface area contributed by atoms with Crippen molar-refractivity contribution < 1.29 is 19.4 Å². The van der Waals surface area contributed by atoms with Gasteiger partial charge in [0.1, 0.15) is 6.04 Å². The van der Waals surface area contributed by atoms with Gasteiger partial charge < -0.3 is 20.1 Å². The summed E-state index contributed by atoms with van der Waals surface area (Å²) in [4.78, 5) is 24.7. The van der Waals surface area contributed by atoms with E-state index in [1.807, 2.05) is 13.8 Å².